The van der Waals surface area contributed by atoms with Gasteiger partial charge in [-0.1, -0.05) is 31.0 Å². The van der Waals surface area contributed by atoms with E-state index in [0.29, 0.717) is 31.7 Å². The normalized spacial score (nSPS) is 10.8. The average molecular weight is 425 g/mol. The molecule has 4 N–H and O–H groups in total. The van der Waals surface area contributed by atoms with Crippen molar-refractivity contribution >= 4 is 28.5 Å². The number of hydrogen-bond acceptors (Lipinski definition) is 5. The number of ether oxygens (including phenoxy) is 1. The molecule has 2 aromatic carbocycles. The number of carbonyl (C=O) groups is 2. The molecule has 3 aromatic rings. The van der Waals surface area contributed by atoms with Crippen LogP contribution in [0.25, 0.3) is 22.0 Å². The topological polar surface area (TPSA) is 116 Å². The van der Waals surface area contributed by atoms with E-state index in [1.54, 1.807) is 5.48 Å². The molecule has 3 rings (SSSR count). The summed E-state index contributed by atoms with van der Waals surface area (Å²) in [5.74, 6) is 0.881. The fourth-order valence-corrected chi connectivity index (χ4v) is 3.40. The number of fused-ring (bicyclic) bond motifs is 1. The second kappa shape index (κ2) is 11.1. The summed E-state index contributed by atoms with van der Waals surface area (Å²) in [5, 5.41) is 19.4. The first kappa shape index (κ1) is 22.3. The number of rotatable bonds is 11. The largest absolute Gasteiger partial charge is 0.494 e. The molecule has 164 valence electrons. The number of unbranched alkanes of at least 4 members (excludes halogenated alkanes) is 3. The molecule has 0 atom stereocenters. The summed E-state index contributed by atoms with van der Waals surface area (Å²) in [6, 6.07) is 13.9. The number of benzene rings is 2. The number of amides is 2. The molecule has 1 heterocycles. The third-order valence-electron chi connectivity index (χ3n) is 4.98. The Labute approximate surface area is 181 Å². The molecule has 0 spiro atoms. The second-order valence-corrected chi connectivity index (χ2v) is 7.29. The van der Waals surface area contributed by atoms with Crippen LogP contribution in [0.1, 0.15) is 45.4 Å². The van der Waals surface area contributed by atoms with Crippen LogP contribution in [0.3, 0.4) is 0 Å². The minimum absolute atomic E-state index is 0.0880. The molecule has 0 aliphatic heterocycles. The van der Waals surface area contributed by atoms with Crippen LogP contribution in [0, 0.1) is 0 Å². The lowest BCUT2D eigenvalue weighted by atomic mass is 10.0. The van der Waals surface area contributed by atoms with Crippen LogP contribution in [-0.4, -0.2) is 33.8 Å². The number of aromatic amines is 1. The van der Waals surface area contributed by atoms with Gasteiger partial charge in [-0.15, -0.1) is 0 Å². The Bertz CT molecular complexity index is 1030. The SMILES string of the molecule is CCOc1cccc(-c2ccc3c(NC(=O)CCCCCCC(=O)NO)n[nH]c3c2)c1. The highest BCUT2D eigenvalue weighted by atomic mass is 16.5. The van der Waals surface area contributed by atoms with Crippen molar-refractivity contribution in [1.29, 1.82) is 0 Å². The van der Waals surface area contributed by atoms with Gasteiger partial charge in [0.05, 0.1) is 12.1 Å². The van der Waals surface area contributed by atoms with Crippen molar-refractivity contribution in [2.45, 2.75) is 45.4 Å². The molecule has 1 aromatic heterocycles. The summed E-state index contributed by atoms with van der Waals surface area (Å²) < 4.78 is 5.58. The van der Waals surface area contributed by atoms with E-state index in [0.717, 1.165) is 47.0 Å². The van der Waals surface area contributed by atoms with Crippen molar-refractivity contribution in [1.82, 2.24) is 15.7 Å². The van der Waals surface area contributed by atoms with E-state index in [9.17, 15) is 9.59 Å². The number of nitrogens with zero attached hydrogens (tertiary/aromatic N) is 1. The lowest BCUT2D eigenvalue weighted by Gasteiger charge is -2.07. The molecular weight excluding hydrogens is 396 g/mol. The summed E-state index contributed by atoms with van der Waals surface area (Å²) in [4.78, 5) is 23.2. The minimum atomic E-state index is -0.381. The molecule has 2 amide bonds. The molecule has 0 aliphatic rings. The van der Waals surface area contributed by atoms with Crippen molar-refractivity contribution < 1.29 is 19.5 Å². The van der Waals surface area contributed by atoms with Gasteiger partial charge >= 0.3 is 0 Å². The Kier molecular flexibility index (Phi) is 8.00. The Morgan fingerprint density at radius 1 is 1.00 bits per heavy atom. The van der Waals surface area contributed by atoms with Gasteiger partial charge in [0.15, 0.2) is 5.82 Å². The quantitative estimate of drug-likeness (QED) is 0.207. The fraction of sp³-hybridized carbons (Fsp3) is 0.348. The average Bonchev–Trinajstić information content (AvgIpc) is 3.18. The maximum absolute atomic E-state index is 12.3. The summed E-state index contributed by atoms with van der Waals surface area (Å²) >= 11 is 0. The Morgan fingerprint density at radius 3 is 2.48 bits per heavy atom. The molecule has 0 unspecified atom stereocenters. The molecular formula is C23H28N4O4. The second-order valence-electron chi connectivity index (χ2n) is 7.29. The van der Waals surface area contributed by atoms with Crippen LogP contribution >= 0.6 is 0 Å². The Hall–Kier alpha value is -3.39. The summed E-state index contributed by atoms with van der Waals surface area (Å²) in [7, 11) is 0. The first-order valence-electron chi connectivity index (χ1n) is 10.5. The van der Waals surface area contributed by atoms with Crippen LogP contribution in [0.5, 0.6) is 5.75 Å². The van der Waals surface area contributed by atoms with Crippen molar-refractivity contribution in [3.8, 4) is 16.9 Å². The number of hydroxylamine groups is 1. The van der Waals surface area contributed by atoms with Gasteiger partial charge in [-0.25, -0.2) is 5.48 Å². The maximum atomic E-state index is 12.3. The first-order chi connectivity index (χ1) is 15.1. The van der Waals surface area contributed by atoms with E-state index in [-0.39, 0.29) is 11.8 Å². The third kappa shape index (κ3) is 6.29. The van der Waals surface area contributed by atoms with Crippen LogP contribution in [0.15, 0.2) is 42.5 Å². The molecule has 8 heteroatoms. The minimum Gasteiger partial charge on any atom is -0.494 e. The number of aromatic nitrogens is 2. The van der Waals surface area contributed by atoms with E-state index < -0.39 is 0 Å². The van der Waals surface area contributed by atoms with Crippen molar-refractivity contribution in [2.75, 3.05) is 11.9 Å². The number of anilines is 1. The third-order valence-corrected chi connectivity index (χ3v) is 4.98. The molecule has 8 nitrogen and oxygen atoms in total. The van der Waals surface area contributed by atoms with Gasteiger partial charge in [0.25, 0.3) is 0 Å². The van der Waals surface area contributed by atoms with Crippen LogP contribution < -0.4 is 15.5 Å². The highest BCUT2D eigenvalue weighted by molar-refractivity contribution is 6.00. The zero-order valence-electron chi connectivity index (χ0n) is 17.6. The van der Waals surface area contributed by atoms with E-state index in [1.807, 2.05) is 49.4 Å². The highest BCUT2D eigenvalue weighted by Crippen LogP contribution is 2.29. The van der Waals surface area contributed by atoms with Gasteiger partial charge < -0.3 is 10.1 Å². The smallest absolute Gasteiger partial charge is 0.243 e. The molecule has 0 aliphatic carbocycles. The maximum Gasteiger partial charge on any atom is 0.243 e. The fourth-order valence-electron chi connectivity index (χ4n) is 3.40. The van der Waals surface area contributed by atoms with E-state index in [4.69, 9.17) is 9.94 Å². The van der Waals surface area contributed by atoms with Crippen molar-refractivity contribution in [3.63, 3.8) is 0 Å². The number of hydrogen-bond donors (Lipinski definition) is 4. The van der Waals surface area contributed by atoms with Crippen LogP contribution in [0.4, 0.5) is 5.82 Å². The summed E-state index contributed by atoms with van der Waals surface area (Å²) in [6.45, 7) is 2.57. The highest BCUT2D eigenvalue weighted by Gasteiger charge is 2.11. The Balaban J connectivity index is 1.55. The van der Waals surface area contributed by atoms with Gasteiger partial charge in [-0.3, -0.25) is 19.9 Å². The number of H-pyrrole nitrogens is 1. The van der Waals surface area contributed by atoms with E-state index in [1.165, 1.54) is 0 Å². The molecule has 0 radical (unpaired) electrons. The zero-order valence-corrected chi connectivity index (χ0v) is 17.6. The monoisotopic (exact) mass is 424 g/mol. The van der Waals surface area contributed by atoms with Crippen molar-refractivity contribution in [2.24, 2.45) is 0 Å². The van der Waals surface area contributed by atoms with Gasteiger partial charge in [0.1, 0.15) is 5.75 Å². The van der Waals surface area contributed by atoms with Gasteiger partial charge in [0.2, 0.25) is 11.8 Å². The van der Waals surface area contributed by atoms with Gasteiger partial charge in [-0.05, 0) is 55.2 Å². The summed E-state index contributed by atoms with van der Waals surface area (Å²) in [5.41, 5.74) is 4.54. The Morgan fingerprint density at radius 2 is 1.74 bits per heavy atom. The molecule has 0 saturated carbocycles. The standard InChI is InChI=1S/C23H28N4O4/c1-2-31-18-9-7-8-16(14-18)17-12-13-19-20(15-17)25-26-23(19)24-21(28)10-5-3-4-6-11-22(29)27-30/h7-9,12-15,30H,2-6,10-11H2,1H3,(H,27,29)(H2,24,25,26,28). The lowest BCUT2D eigenvalue weighted by molar-refractivity contribution is -0.129. The summed E-state index contributed by atoms with van der Waals surface area (Å²) in [6.07, 6.45) is 3.78. The number of carbonyl (C=O) groups excluding carboxylic acids is 2. The van der Waals surface area contributed by atoms with Crippen molar-refractivity contribution in [3.05, 3.63) is 42.5 Å². The first-order valence-corrected chi connectivity index (χ1v) is 10.5. The van der Waals surface area contributed by atoms with Gasteiger partial charge in [-0.2, -0.15) is 5.10 Å². The van der Waals surface area contributed by atoms with Gasteiger partial charge in [0, 0.05) is 18.2 Å². The van der Waals surface area contributed by atoms with Crippen LogP contribution in [-0.2, 0) is 9.59 Å². The van der Waals surface area contributed by atoms with E-state index in [2.05, 4.69) is 15.5 Å². The predicted molar refractivity (Wildman–Crippen MR) is 119 cm³/mol. The molecule has 0 bridgehead atoms. The van der Waals surface area contributed by atoms with E-state index >= 15 is 0 Å². The number of nitrogens with one attached hydrogen (secondary N) is 3. The lowest BCUT2D eigenvalue weighted by Crippen LogP contribution is -2.17. The molecule has 0 fully saturated rings. The molecule has 0 saturated heterocycles. The van der Waals surface area contributed by atoms with Crippen LogP contribution in [0.2, 0.25) is 0 Å². The molecule has 31 heavy (non-hydrogen) atoms. The predicted octanol–water partition coefficient (Wildman–Crippen LogP) is 4.41. The zero-order chi connectivity index (χ0) is 22.1.